The molecule has 516 valence electrons. The number of fused-ring (bicyclic) bond motifs is 6. The Balaban J connectivity index is 0.648. The van der Waals surface area contributed by atoms with E-state index in [4.69, 9.17) is 48.7 Å². The highest BCUT2D eigenvalue weighted by molar-refractivity contribution is 7.46. The quantitative estimate of drug-likeness (QED) is 0.0145. The van der Waals surface area contributed by atoms with Gasteiger partial charge in [-0.05, 0) is 120 Å². The molecule has 2 aliphatic heterocycles. The Bertz CT molecular complexity index is 4030. The first-order valence-corrected chi connectivity index (χ1v) is 35.4. The van der Waals surface area contributed by atoms with Crippen molar-refractivity contribution >= 4 is 123 Å². The number of benzene rings is 5. The third-order valence-electron chi connectivity index (χ3n) is 21.4. The van der Waals surface area contributed by atoms with Gasteiger partial charge >= 0.3 is 26.0 Å². The van der Waals surface area contributed by atoms with Crippen LogP contribution in [0.25, 0.3) is 21.5 Å². The molecule has 0 bridgehead atoms. The number of hydrogen-bond donors (Lipinski definition) is 9. The zero-order chi connectivity index (χ0) is 69.3. The Hall–Kier alpha value is -8.26. The van der Waals surface area contributed by atoms with Crippen molar-refractivity contribution in [3.63, 3.8) is 0 Å². The van der Waals surface area contributed by atoms with Crippen LogP contribution in [-0.2, 0) is 44.7 Å². The molecule has 5 aromatic carbocycles. The van der Waals surface area contributed by atoms with Crippen LogP contribution in [0.2, 0.25) is 0 Å². The second-order valence-corrected chi connectivity index (χ2v) is 28.8. The predicted octanol–water partition coefficient (Wildman–Crippen LogP) is 6.59. The normalized spacial score (nSPS) is 24.6. The van der Waals surface area contributed by atoms with Crippen molar-refractivity contribution in [3.05, 3.63) is 102 Å². The van der Waals surface area contributed by atoms with E-state index in [1.165, 1.54) is 30.8 Å². The molecule has 10 amide bonds. The van der Waals surface area contributed by atoms with Gasteiger partial charge in [-0.25, -0.2) is 18.9 Å². The summed E-state index contributed by atoms with van der Waals surface area (Å²) >= 11 is 13.3. The summed E-state index contributed by atoms with van der Waals surface area (Å²) in [4.78, 5) is 148. The first-order chi connectivity index (χ1) is 46.3. The van der Waals surface area contributed by atoms with E-state index in [0.29, 0.717) is 77.7 Å². The Morgan fingerprint density at radius 3 is 1.65 bits per heavy atom. The standard InChI is InChI=1S/C68H80Cl2N11O15P/c1-34(2)58(77-60(84)44(74-35(3)82)17-10-11-23-71)61(85)76-45(18-12-24-73-64(72)88)59(83)75-39-21-19-36(20-22-39)33-94-65(89)78(4)25-26-79(5)66(90)95-48-27-46-50(42-15-8-6-13-40(42)48)37(29-69)31-80(46)62(86)67-52-55-53(67)57-54(67)56(52)68(55,57)63(87)81-32-38(30-70)51-43-16-9-7-14-41(43)49(28-47(51)81)96-97(91,92)93/h6-9,13-16,19-22,27-28,34,37-38,44-45,52-58H,10-12,17-18,23-26,29-33,71H2,1-5H3,(H,74,82)(H,75,83)(H,76,85)(H,77,84)(H3,72,73,88)(H2,91,92,93). The summed E-state index contributed by atoms with van der Waals surface area (Å²) in [7, 11) is -1.90. The maximum absolute atomic E-state index is 15.3. The zero-order valence-electron chi connectivity index (χ0n) is 54.3. The average Bonchev–Trinajstić information content (AvgIpc) is 0.710. The molecule has 26 nitrogen and oxygen atoms in total. The van der Waals surface area contributed by atoms with Crippen molar-refractivity contribution in [1.29, 1.82) is 0 Å². The molecule has 6 fully saturated rings. The lowest BCUT2D eigenvalue weighted by Gasteiger charge is -3.09. The fourth-order valence-electron chi connectivity index (χ4n) is 17.3. The van der Waals surface area contributed by atoms with Crippen molar-refractivity contribution in [2.45, 2.75) is 89.4 Å². The van der Waals surface area contributed by atoms with Crippen LogP contribution in [0.3, 0.4) is 0 Å². The minimum Gasteiger partial charge on any atom is -0.445 e. The summed E-state index contributed by atoms with van der Waals surface area (Å²) in [6, 6.07) is 20.5. The highest BCUT2D eigenvalue weighted by Crippen LogP contribution is 3.10. The van der Waals surface area contributed by atoms with Gasteiger partial charge < -0.3 is 71.6 Å². The molecule has 6 aliphatic carbocycles. The molecule has 29 heteroatoms. The zero-order valence-corrected chi connectivity index (χ0v) is 56.7. The largest absolute Gasteiger partial charge is 0.524 e. The van der Waals surface area contributed by atoms with Crippen LogP contribution in [0, 0.1) is 52.3 Å². The average molecular weight is 1390 g/mol. The lowest BCUT2D eigenvalue weighted by Crippen LogP contribution is -3.12. The van der Waals surface area contributed by atoms with Crippen LogP contribution in [0.15, 0.2) is 84.9 Å². The Morgan fingerprint density at radius 2 is 1.15 bits per heavy atom. The number of amides is 10. The van der Waals surface area contributed by atoms with Gasteiger partial charge in [0, 0.05) is 106 Å². The fraction of sp³-hybridized carbons (Fsp3) is 0.485. The van der Waals surface area contributed by atoms with Crippen LogP contribution in [0.1, 0.15) is 81.4 Å². The number of primary amides is 1. The van der Waals surface area contributed by atoms with Gasteiger partial charge in [0.15, 0.2) is 0 Å². The highest BCUT2D eigenvalue weighted by atomic mass is 35.5. The Labute approximate surface area is 569 Å². The predicted molar refractivity (Wildman–Crippen MR) is 361 cm³/mol. The third kappa shape index (κ3) is 11.7. The van der Waals surface area contributed by atoms with E-state index in [1.54, 1.807) is 67.3 Å². The van der Waals surface area contributed by atoms with E-state index in [-0.39, 0.29) is 121 Å². The number of nitrogens with zero attached hydrogens (tertiary/aromatic N) is 4. The second kappa shape index (κ2) is 26.9. The Kier molecular flexibility index (Phi) is 19.0. The van der Waals surface area contributed by atoms with Crippen LogP contribution in [0.4, 0.5) is 31.4 Å². The van der Waals surface area contributed by atoms with E-state index in [2.05, 4.69) is 26.6 Å². The molecule has 97 heavy (non-hydrogen) atoms. The summed E-state index contributed by atoms with van der Waals surface area (Å²) in [6.07, 6.45) is 0.431. The minimum absolute atomic E-state index is 0.00315. The molecule has 5 aromatic rings. The molecule has 5 atom stereocenters. The van der Waals surface area contributed by atoms with Crippen molar-refractivity contribution in [1.82, 2.24) is 31.1 Å². The number of alkyl halides is 2. The van der Waals surface area contributed by atoms with Crippen LogP contribution < -0.4 is 57.1 Å². The lowest BCUT2D eigenvalue weighted by atomic mass is 8.92. The molecule has 0 radical (unpaired) electrons. The SMILES string of the molecule is CC(=O)NC(CCCCN)C(=O)NC(C(=O)NC(CCCNC(N)=O)C(=O)Nc1ccc(COC(=O)N(C)CCN(C)C(=O)Oc2cc3c(c4ccccc24)C(CCl)CN3C(=O)C23C4C5C2C2C3C4C52C(=O)N2CC(CCl)c3c2cc(OP(=O)(O)O)c2ccccc32)cc1)C(C)C. The number of likely N-dealkylation sites (N-methyl/N-ethyl adjacent to an activating group) is 2. The monoisotopic (exact) mass is 1390 g/mol. The summed E-state index contributed by atoms with van der Waals surface area (Å²) in [5, 5.41) is 16.0. The molecule has 8 aliphatic rings. The van der Waals surface area contributed by atoms with Crippen molar-refractivity contribution in [3.8, 4) is 11.5 Å². The minimum atomic E-state index is -4.96. The number of urea groups is 1. The van der Waals surface area contributed by atoms with E-state index in [9.17, 15) is 47.9 Å². The van der Waals surface area contributed by atoms with Gasteiger partial charge in [0.25, 0.3) is 0 Å². The highest BCUT2D eigenvalue weighted by Gasteiger charge is 3.13. The number of rotatable bonds is 28. The van der Waals surface area contributed by atoms with Crippen molar-refractivity contribution in [2.75, 3.05) is 80.2 Å². The maximum atomic E-state index is 15.3. The van der Waals surface area contributed by atoms with Gasteiger partial charge in [0.1, 0.15) is 36.2 Å². The van der Waals surface area contributed by atoms with Gasteiger partial charge in [-0.3, -0.25) is 38.6 Å². The smallest absolute Gasteiger partial charge is 0.445 e. The molecule has 6 saturated carbocycles. The van der Waals surface area contributed by atoms with E-state index in [0.717, 1.165) is 16.5 Å². The maximum Gasteiger partial charge on any atom is 0.524 e. The molecule has 0 spiro atoms. The first kappa shape index (κ1) is 68.7. The molecule has 11 N–H and O–H groups in total. The van der Waals surface area contributed by atoms with Crippen LogP contribution in [-0.4, -0.2) is 156 Å². The van der Waals surface area contributed by atoms with Gasteiger partial charge in [0.05, 0.1) is 22.2 Å². The van der Waals surface area contributed by atoms with Crippen molar-refractivity contribution in [2.24, 2.45) is 63.7 Å². The van der Waals surface area contributed by atoms with Gasteiger partial charge in [-0.2, -0.15) is 0 Å². The number of nitrogens with one attached hydrogen (secondary N) is 5. The van der Waals surface area contributed by atoms with Crippen molar-refractivity contribution < 1.29 is 71.5 Å². The van der Waals surface area contributed by atoms with Crippen LogP contribution in [0.5, 0.6) is 11.5 Å². The molecule has 13 rings (SSSR count). The third-order valence-corrected chi connectivity index (χ3v) is 22.6. The summed E-state index contributed by atoms with van der Waals surface area (Å²) in [6.45, 7) is 5.86. The summed E-state index contributed by atoms with van der Waals surface area (Å²) in [5.74, 6) is -2.27. The number of ether oxygens (including phenoxy) is 2. The summed E-state index contributed by atoms with van der Waals surface area (Å²) < 4.78 is 29.1. The van der Waals surface area contributed by atoms with Gasteiger partial charge in [0.2, 0.25) is 35.4 Å². The first-order valence-electron chi connectivity index (χ1n) is 32.8. The molecular weight excluding hydrogens is 1310 g/mol. The van der Waals surface area contributed by atoms with E-state index < -0.39 is 84.5 Å². The van der Waals surface area contributed by atoms with Crippen LogP contribution >= 0.6 is 31.0 Å². The van der Waals surface area contributed by atoms with Gasteiger partial charge in [-0.15, -0.1) is 23.2 Å². The number of unbranched alkanes of at least 4 members (excludes halogenated alkanes) is 1. The van der Waals surface area contributed by atoms with Gasteiger partial charge in [-0.1, -0.05) is 74.5 Å². The fourth-order valence-corrected chi connectivity index (χ4v) is 18.2. The van der Waals surface area contributed by atoms with E-state index in [1.807, 2.05) is 41.3 Å². The number of phosphoric acid groups is 1. The molecule has 5 unspecified atom stereocenters. The Morgan fingerprint density at radius 1 is 0.660 bits per heavy atom. The number of hydrogen-bond acceptors (Lipinski definition) is 14. The number of nitrogens with two attached hydrogens (primary N) is 2. The topological polar surface area (TPSA) is 364 Å². The number of carbonyl (C=O) groups excluding carboxylic acids is 9. The number of carbonyl (C=O) groups is 9. The molecule has 0 saturated heterocycles. The molecule has 2 heterocycles. The number of anilines is 3. The molecule has 0 aromatic heterocycles. The number of halogens is 2. The molecular formula is C68H80Cl2N11O15P. The number of phosphoric ester groups is 1. The second-order valence-electron chi connectivity index (χ2n) is 27.1. The van der Waals surface area contributed by atoms with E-state index >= 15 is 9.59 Å². The lowest BCUT2D eigenvalue weighted by molar-refractivity contribution is -0.623. The summed E-state index contributed by atoms with van der Waals surface area (Å²) in [5.41, 5.74) is 13.4.